The van der Waals surface area contributed by atoms with E-state index in [1.54, 1.807) is 6.92 Å². The van der Waals surface area contributed by atoms with Crippen LogP contribution >= 0.6 is 0 Å². The molecular formula is C10H10F3N5O. The van der Waals surface area contributed by atoms with Crippen molar-refractivity contribution in [2.24, 2.45) is 0 Å². The monoisotopic (exact) mass is 273 g/mol. The second-order valence-electron chi connectivity index (χ2n) is 3.87. The molecule has 0 bridgehead atoms. The standard InChI is InChI=1S/C10H10F3N5O/c1-6-4-14-16-9(6)15-8(19)5-18-3-2-7(17-18)10(11,12)13/h2-4H,5H2,1H3,(H2,14,15,16,19). The van der Waals surface area contributed by atoms with E-state index in [2.05, 4.69) is 20.6 Å². The molecule has 2 aromatic rings. The predicted molar refractivity (Wildman–Crippen MR) is 59.2 cm³/mol. The number of aromatic amines is 1. The lowest BCUT2D eigenvalue weighted by Crippen LogP contribution is -2.20. The van der Waals surface area contributed by atoms with Gasteiger partial charge in [-0.1, -0.05) is 0 Å². The van der Waals surface area contributed by atoms with Gasteiger partial charge in [-0.15, -0.1) is 0 Å². The highest BCUT2D eigenvalue weighted by Crippen LogP contribution is 2.27. The lowest BCUT2D eigenvalue weighted by molar-refractivity contribution is -0.141. The fourth-order valence-corrected chi connectivity index (χ4v) is 1.40. The summed E-state index contributed by atoms with van der Waals surface area (Å²) in [5.74, 6) is -0.0858. The number of nitrogens with one attached hydrogen (secondary N) is 2. The van der Waals surface area contributed by atoms with Gasteiger partial charge in [-0.2, -0.15) is 23.4 Å². The van der Waals surface area contributed by atoms with Gasteiger partial charge in [0.2, 0.25) is 5.91 Å². The van der Waals surface area contributed by atoms with Crippen molar-refractivity contribution in [1.29, 1.82) is 0 Å². The fourth-order valence-electron chi connectivity index (χ4n) is 1.40. The smallest absolute Gasteiger partial charge is 0.309 e. The van der Waals surface area contributed by atoms with Crippen LogP contribution in [0.1, 0.15) is 11.3 Å². The molecule has 0 unspecified atom stereocenters. The molecule has 0 fully saturated rings. The Kier molecular flexibility index (Phi) is 3.28. The lowest BCUT2D eigenvalue weighted by atomic mass is 10.4. The number of carbonyl (C=O) groups excluding carboxylic acids is 1. The van der Waals surface area contributed by atoms with E-state index in [4.69, 9.17) is 0 Å². The van der Waals surface area contributed by atoms with E-state index in [1.165, 1.54) is 6.20 Å². The SMILES string of the molecule is Cc1cn[nH]c1NC(=O)Cn1ccc(C(F)(F)F)n1. The van der Waals surface area contributed by atoms with Gasteiger partial charge < -0.3 is 5.32 Å². The summed E-state index contributed by atoms with van der Waals surface area (Å²) in [5.41, 5.74) is -0.303. The van der Waals surface area contributed by atoms with Gasteiger partial charge in [0.25, 0.3) is 0 Å². The van der Waals surface area contributed by atoms with E-state index in [-0.39, 0.29) is 6.54 Å². The van der Waals surface area contributed by atoms with Gasteiger partial charge in [0.1, 0.15) is 12.4 Å². The van der Waals surface area contributed by atoms with Crippen molar-refractivity contribution in [3.63, 3.8) is 0 Å². The number of alkyl halides is 3. The van der Waals surface area contributed by atoms with Crippen molar-refractivity contribution < 1.29 is 18.0 Å². The van der Waals surface area contributed by atoms with Gasteiger partial charge in [0.05, 0.1) is 6.20 Å². The molecule has 2 aromatic heterocycles. The number of anilines is 1. The third-order valence-corrected chi connectivity index (χ3v) is 2.33. The molecule has 0 atom stereocenters. The van der Waals surface area contributed by atoms with Crippen molar-refractivity contribution in [3.8, 4) is 0 Å². The number of aryl methyl sites for hydroxylation is 1. The largest absolute Gasteiger partial charge is 0.435 e. The predicted octanol–water partition coefficient (Wildman–Crippen LogP) is 1.57. The Morgan fingerprint density at radius 1 is 1.53 bits per heavy atom. The Hall–Kier alpha value is -2.32. The van der Waals surface area contributed by atoms with Gasteiger partial charge in [-0.3, -0.25) is 14.6 Å². The number of amides is 1. The molecule has 2 heterocycles. The first-order chi connectivity index (χ1) is 8.86. The zero-order chi connectivity index (χ0) is 14.0. The summed E-state index contributed by atoms with van der Waals surface area (Å²) < 4.78 is 37.8. The molecule has 0 radical (unpaired) electrons. The number of aromatic nitrogens is 4. The van der Waals surface area contributed by atoms with Crippen LogP contribution in [0.3, 0.4) is 0 Å². The Morgan fingerprint density at radius 2 is 2.26 bits per heavy atom. The first kappa shape index (κ1) is 13.1. The van der Waals surface area contributed by atoms with Crippen molar-refractivity contribution in [3.05, 3.63) is 29.7 Å². The molecule has 6 nitrogen and oxygen atoms in total. The molecule has 0 aliphatic heterocycles. The number of nitrogens with zero attached hydrogens (tertiary/aromatic N) is 3. The Bertz CT molecular complexity index is 586. The fraction of sp³-hybridized carbons (Fsp3) is 0.300. The van der Waals surface area contributed by atoms with Crippen LogP contribution in [0.4, 0.5) is 19.0 Å². The van der Waals surface area contributed by atoms with Gasteiger partial charge >= 0.3 is 6.18 Å². The first-order valence-electron chi connectivity index (χ1n) is 5.27. The van der Waals surface area contributed by atoms with Crippen molar-refractivity contribution >= 4 is 11.7 Å². The average Bonchev–Trinajstić information content (AvgIpc) is 2.88. The zero-order valence-corrected chi connectivity index (χ0v) is 9.82. The summed E-state index contributed by atoms with van der Waals surface area (Å²) in [6.07, 6.45) is -1.89. The van der Waals surface area contributed by atoms with E-state index >= 15 is 0 Å². The molecule has 102 valence electrons. The highest BCUT2D eigenvalue weighted by molar-refractivity contribution is 5.90. The Balaban J connectivity index is 2.00. The number of hydrogen-bond donors (Lipinski definition) is 2. The third-order valence-electron chi connectivity index (χ3n) is 2.33. The van der Waals surface area contributed by atoms with E-state index in [1.807, 2.05) is 0 Å². The van der Waals surface area contributed by atoms with Gasteiger partial charge in [0.15, 0.2) is 5.69 Å². The molecular weight excluding hydrogens is 263 g/mol. The van der Waals surface area contributed by atoms with Crippen molar-refractivity contribution in [2.45, 2.75) is 19.6 Å². The summed E-state index contributed by atoms with van der Waals surface area (Å²) in [7, 11) is 0. The molecule has 0 aliphatic carbocycles. The molecule has 9 heteroatoms. The molecule has 1 amide bonds. The van der Waals surface area contributed by atoms with Crippen LogP contribution in [-0.2, 0) is 17.5 Å². The summed E-state index contributed by atoms with van der Waals surface area (Å²) in [4.78, 5) is 11.6. The average molecular weight is 273 g/mol. The zero-order valence-electron chi connectivity index (χ0n) is 9.82. The highest BCUT2D eigenvalue weighted by atomic mass is 19.4. The summed E-state index contributed by atoms with van der Waals surface area (Å²) in [6.45, 7) is 1.42. The van der Waals surface area contributed by atoms with Crippen LogP contribution in [0.5, 0.6) is 0 Å². The molecule has 2 rings (SSSR count). The minimum Gasteiger partial charge on any atom is -0.309 e. The summed E-state index contributed by atoms with van der Waals surface area (Å²) >= 11 is 0. The number of H-pyrrole nitrogens is 1. The molecule has 2 N–H and O–H groups in total. The lowest BCUT2D eigenvalue weighted by Gasteiger charge is -2.04. The number of rotatable bonds is 3. The highest BCUT2D eigenvalue weighted by Gasteiger charge is 2.33. The van der Waals surface area contributed by atoms with Crippen LogP contribution in [0.25, 0.3) is 0 Å². The van der Waals surface area contributed by atoms with Gasteiger partial charge in [-0.25, -0.2) is 0 Å². The second-order valence-corrected chi connectivity index (χ2v) is 3.87. The molecule has 0 aliphatic rings. The maximum Gasteiger partial charge on any atom is 0.435 e. The number of halogens is 3. The Labute approximate surface area is 105 Å². The number of hydrogen-bond acceptors (Lipinski definition) is 3. The van der Waals surface area contributed by atoms with Crippen LogP contribution in [0.2, 0.25) is 0 Å². The van der Waals surface area contributed by atoms with Gasteiger partial charge in [0, 0.05) is 11.8 Å². The van der Waals surface area contributed by atoms with Crippen LogP contribution in [0.15, 0.2) is 18.5 Å². The van der Waals surface area contributed by atoms with E-state index < -0.39 is 17.8 Å². The van der Waals surface area contributed by atoms with Crippen LogP contribution in [0, 0.1) is 6.92 Å². The summed E-state index contributed by atoms with van der Waals surface area (Å²) in [6, 6.07) is 0.814. The molecule has 19 heavy (non-hydrogen) atoms. The maximum absolute atomic E-state index is 12.3. The third kappa shape index (κ3) is 3.12. The second kappa shape index (κ2) is 4.75. The maximum atomic E-state index is 12.3. The number of carbonyl (C=O) groups is 1. The first-order valence-corrected chi connectivity index (χ1v) is 5.27. The van der Waals surface area contributed by atoms with E-state index in [0.717, 1.165) is 22.5 Å². The van der Waals surface area contributed by atoms with E-state index in [0.29, 0.717) is 5.82 Å². The molecule has 0 saturated heterocycles. The summed E-state index contributed by atoms with van der Waals surface area (Å²) in [5, 5.41) is 12.0. The van der Waals surface area contributed by atoms with Crippen LogP contribution < -0.4 is 5.32 Å². The van der Waals surface area contributed by atoms with Crippen molar-refractivity contribution in [1.82, 2.24) is 20.0 Å². The molecule has 0 aromatic carbocycles. The normalized spacial score (nSPS) is 11.6. The Morgan fingerprint density at radius 3 is 2.79 bits per heavy atom. The van der Waals surface area contributed by atoms with Gasteiger partial charge in [-0.05, 0) is 13.0 Å². The quantitative estimate of drug-likeness (QED) is 0.891. The topological polar surface area (TPSA) is 75.6 Å². The minimum atomic E-state index is -4.51. The van der Waals surface area contributed by atoms with E-state index in [9.17, 15) is 18.0 Å². The minimum absolute atomic E-state index is 0.311. The molecule has 0 spiro atoms. The van der Waals surface area contributed by atoms with Crippen LogP contribution in [-0.4, -0.2) is 25.9 Å². The van der Waals surface area contributed by atoms with Crippen molar-refractivity contribution in [2.75, 3.05) is 5.32 Å². The molecule has 0 saturated carbocycles.